The first-order valence-electron chi connectivity index (χ1n) is 3.55. The van der Waals surface area contributed by atoms with Gasteiger partial charge in [-0.3, -0.25) is 0 Å². The molecule has 90 valence electrons. The molecule has 0 aliphatic carbocycles. The minimum Gasteiger partial charge on any atom is -0.402 e. The molecule has 0 aliphatic heterocycles. The van der Waals surface area contributed by atoms with Crippen LogP contribution in [0.2, 0.25) is 0 Å². The van der Waals surface area contributed by atoms with Crippen LogP contribution in [0.3, 0.4) is 0 Å². The zero-order valence-corrected chi connectivity index (χ0v) is 7.98. The van der Waals surface area contributed by atoms with Crippen LogP contribution < -0.4 is 10.5 Å². The van der Waals surface area contributed by atoms with Gasteiger partial charge in [0.05, 0.1) is 0 Å². The molecule has 1 heterocycles. The summed E-state index contributed by atoms with van der Waals surface area (Å²) in [5.41, 5.74) is -0.796. The largest absolute Gasteiger partial charge is 0.488 e. The predicted octanol–water partition coefficient (Wildman–Crippen LogP) is 2.25. The molecule has 10 heteroatoms. The molecular formula is C6H3ClF5N3O. The Hall–Kier alpha value is -1.38. The normalized spacial score (nSPS) is 12.6. The van der Waals surface area contributed by atoms with E-state index in [9.17, 15) is 22.0 Å². The second kappa shape index (κ2) is 3.89. The van der Waals surface area contributed by atoms with E-state index in [1.807, 2.05) is 0 Å². The lowest BCUT2D eigenvalue weighted by molar-refractivity contribution is -0.142. The van der Waals surface area contributed by atoms with E-state index in [1.165, 1.54) is 0 Å². The lowest BCUT2D eigenvalue weighted by atomic mass is 10.4. The summed E-state index contributed by atoms with van der Waals surface area (Å²) in [6.07, 6.45) is -4.85. The fraction of sp³-hybridized carbons (Fsp3) is 0.333. The highest BCUT2D eigenvalue weighted by atomic mass is 35.5. The lowest BCUT2D eigenvalue weighted by Crippen LogP contribution is -2.18. The standard InChI is InChI=1S/C6H3ClF5N3O/c7-6(11,12)16-3-1-2(5(8,9)10)14-4(13)15-3/h1H,(H2,13,14,15). The predicted molar refractivity (Wildman–Crippen MR) is 42.9 cm³/mol. The lowest BCUT2D eigenvalue weighted by Gasteiger charge is -2.11. The van der Waals surface area contributed by atoms with Crippen molar-refractivity contribution in [3.05, 3.63) is 11.8 Å². The number of rotatable bonds is 2. The van der Waals surface area contributed by atoms with Crippen molar-refractivity contribution in [2.45, 2.75) is 11.7 Å². The van der Waals surface area contributed by atoms with Crippen molar-refractivity contribution in [3.8, 4) is 5.88 Å². The Balaban J connectivity index is 3.09. The minimum atomic E-state index is -4.85. The van der Waals surface area contributed by atoms with Gasteiger partial charge >= 0.3 is 11.7 Å². The van der Waals surface area contributed by atoms with Gasteiger partial charge in [-0.2, -0.15) is 18.2 Å². The van der Waals surface area contributed by atoms with Crippen LogP contribution >= 0.6 is 11.6 Å². The maximum atomic E-state index is 12.2. The Bertz CT molecular complexity index is 391. The molecule has 4 nitrogen and oxygen atoms in total. The Morgan fingerprint density at radius 3 is 2.19 bits per heavy atom. The second-order valence-corrected chi connectivity index (χ2v) is 2.94. The van der Waals surface area contributed by atoms with Gasteiger partial charge < -0.3 is 10.5 Å². The smallest absolute Gasteiger partial charge is 0.402 e. The number of alkyl halides is 6. The number of hydrogen-bond acceptors (Lipinski definition) is 4. The summed E-state index contributed by atoms with van der Waals surface area (Å²) in [7, 11) is 0. The van der Waals surface area contributed by atoms with Gasteiger partial charge in [-0.25, -0.2) is 4.98 Å². The number of ether oxygens (including phenoxy) is 1. The van der Waals surface area contributed by atoms with E-state index in [1.54, 1.807) is 0 Å². The summed E-state index contributed by atoms with van der Waals surface area (Å²) in [4.78, 5) is 5.82. The molecule has 0 radical (unpaired) electrons. The molecular weight excluding hydrogens is 261 g/mol. The van der Waals surface area contributed by atoms with Gasteiger partial charge in [0, 0.05) is 17.7 Å². The molecule has 16 heavy (non-hydrogen) atoms. The molecule has 1 aromatic heterocycles. The van der Waals surface area contributed by atoms with Gasteiger partial charge in [0.2, 0.25) is 11.8 Å². The van der Waals surface area contributed by atoms with Crippen molar-refractivity contribution in [1.82, 2.24) is 9.97 Å². The monoisotopic (exact) mass is 263 g/mol. The maximum absolute atomic E-state index is 12.2. The van der Waals surface area contributed by atoms with E-state index in [4.69, 9.17) is 5.73 Å². The van der Waals surface area contributed by atoms with Gasteiger partial charge in [-0.05, 0) is 0 Å². The third-order valence-corrected chi connectivity index (χ3v) is 1.31. The van der Waals surface area contributed by atoms with Crippen LogP contribution in [0.5, 0.6) is 5.88 Å². The molecule has 0 saturated carbocycles. The van der Waals surface area contributed by atoms with E-state index in [0.29, 0.717) is 0 Å². The average Bonchev–Trinajstić information content (AvgIpc) is 1.97. The molecule has 1 aromatic rings. The Kier molecular flexibility index (Phi) is 3.08. The Morgan fingerprint density at radius 2 is 1.75 bits per heavy atom. The SMILES string of the molecule is Nc1nc(OC(F)(F)Cl)cc(C(F)(F)F)n1. The van der Waals surface area contributed by atoms with Crippen LogP contribution in [0.25, 0.3) is 0 Å². The van der Waals surface area contributed by atoms with E-state index < -0.39 is 29.3 Å². The Morgan fingerprint density at radius 1 is 1.19 bits per heavy atom. The molecule has 1 rings (SSSR count). The van der Waals surface area contributed by atoms with Crippen molar-refractivity contribution < 1.29 is 26.7 Å². The number of nitrogens with zero attached hydrogens (tertiary/aromatic N) is 2. The highest BCUT2D eigenvalue weighted by Gasteiger charge is 2.35. The number of nitrogens with two attached hydrogens (primary N) is 1. The summed E-state index contributed by atoms with van der Waals surface area (Å²) in [5.74, 6) is -1.93. The minimum absolute atomic E-state index is 0.159. The van der Waals surface area contributed by atoms with E-state index in [2.05, 4.69) is 26.3 Å². The molecule has 0 saturated heterocycles. The van der Waals surface area contributed by atoms with E-state index in [0.717, 1.165) is 0 Å². The topological polar surface area (TPSA) is 61.0 Å². The van der Waals surface area contributed by atoms with Crippen LogP contribution in [0.15, 0.2) is 6.07 Å². The van der Waals surface area contributed by atoms with Gasteiger partial charge in [0.25, 0.3) is 0 Å². The van der Waals surface area contributed by atoms with E-state index in [-0.39, 0.29) is 6.07 Å². The van der Waals surface area contributed by atoms with E-state index >= 15 is 0 Å². The third kappa shape index (κ3) is 3.65. The first-order chi connectivity index (χ1) is 7.08. The average molecular weight is 264 g/mol. The first-order valence-corrected chi connectivity index (χ1v) is 3.93. The fourth-order valence-corrected chi connectivity index (χ4v) is 0.838. The van der Waals surface area contributed by atoms with Crippen LogP contribution in [0.4, 0.5) is 27.9 Å². The summed E-state index contributed by atoms with van der Waals surface area (Å²) in [5, 5.41) is 0. The molecule has 0 atom stereocenters. The molecule has 0 spiro atoms. The second-order valence-electron chi connectivity index (χ2n) is 2.50. The number of halogens is 6. The molecule has 2 N–H and O–H groups in total. The summed E-state index contributed by atoms with van der Waals surface area (Å²) in [6.45, 7) is 0. The number of hydrogen-bond donors (Lipinski definition) is 1. The zero-order chi connectivity index (χ0) is 12.6. The van der Waals surface area contributed by atoms with Crippen molar-refractivity contribution >= 4 is 17.5 Å². The quantitative estimate of drug-likeness (QED) is 0.657. The van der Waals surface area contributed by atoms with Crippen LogP contribution in [0.1, 0.15) is 5.69 Å². The maximum Gasteiger partial charge on any atom is 0.488 e. The van der Waals surface area contributed by atoms with Crippen molar-refractivity contribution in [3.63, 3.8) is 0 Å². The summed E-state index contributed by atoms with van der Waals surface area (Å²) in [6, 6.07) is 0.159. The summed E-state index contributed by atoms with van der Waals surface area (Å²) < 4.78 is 64.4. The van der Waals surface area contributed by atoms with Gasteiger partial charge in [0.1, 0.15) is 0 Å². The van der Waals surface area contributed by atoms with Crippen molar-refractivity contribution in [1.29, 1.82) is 0 Å². The van der Waals surface area contributed by atoms with Crippen molar-refractivity contribution in [2.24, 2.45) is 0 Å². The van der Waals surface area contributed by atoms with Crippen molar-refractivity contribution in [2.75, 3.05) is 5.73 Å². The molecule has 0 aliphatic rings. The molecule has 0 amide bonds. The molecule has 0 bridgehead atoms. The van der Waals surface area contributed by atoms with Crippen LogP contribution in [-0.4, -0.2) is 15.5 Å². The number of anilines is 1. The highest BCUT2D eigenvalue weighted by Crippen LogP contribution is 2.31. The van der Waals surface area contributed by atoms with Crippen LogP contribution in [-0.2, 0) is 6.18 Å². The molecule has 0 fully saturated rings. The van der Waals surface area contributed by atoms with Crippen LogP contribution in [0, 0.1) is 0 Å². The summed E-state index contributed by atoms with van der Waals surface area (Å²) >= 11 is 4.35. The molecule has 0 aromatic carbocycles. The van der Waals surface area contributed by atoms with Gasteiger partial charge in [-0.15, -0.1) is 8.78 Å². The Labute approximate surface area is 90.2 Å². The first kappa shape index (κ1) is 12.7. The zero-order valence-electron chi connectivity index (χ0n) is 7.23. The fourth-order valence-electron chi connectivity index (χ4n) is 0.759. The third-order valence-electron chi connectivity index (χ3n) is 1.23. The van der Waals surface area contributed by atoms with Gasteiger partial charge in [-0.1, -0.05) is 0 Å². The number of nitrogen functional groups attached to an aromatic ring is 1. The highest BCUT2D eigenvalue weighted by molar-refractivity contribution is 6.20. The number of aromatic nitrogens is 2. The van der Waals surface area contributed by atoms with Gasteiger partial charge in [0.15, 0.2) is 5.69 Å². The molecule has 0 unspecified atom stereocenters.